The number of rotatable bonds is 12. The first kappa shape index (κ1) is 26.5. The molecule has 0 aliphatic carbocycles. The number of imidazole rings is 1. The Morgan fingerprint density at radius 3 is 2.73 bits per heavy atom. The standard InChI is InChI=1S/C22H29N7O7S/c1-4-6-19-24-14(3)20-22(30)25-21(26-28(19)20)17-11-16(7-8-18(17)35-5-2)37(33,34)27-12-15(13-27)23-9-10-36-29(31)32/h7-8,11,15,23H,4-6,9-10,12-13H2,1-3H3,(H,25,26,30). The number of H-pyrrole nitrogens is 1. The minimum absolute atomic E-state index is 0.0272. The summed E-state index contributed by atoms with van der Waals surface area (Å²) < 4.78 is 35.1. The summed E-state index contributed by atoms with van der Waals surface area (Å²) in [6.45, 7) is 6.40. The molecule has 1 saturated heterocycles. The number of aryl methyl sites for hydroxylation is 2. The second-order valence-electron chi connectivity index (χ2n) is 8.55. The smallest absolute Gasteiger partial charge is 0.294 e. The van der Waals surface area contributed by atoms with E-state index in [-0.39, 0.29) is 48.6 Å². The monoisotopic (exact) mass is 535 g/mol. The number of aromatic nitrogens is 4. The number of nitrogens with zero attached hydrogens (tertiary/aromatic N) is 5. The van der Waals surface area contributed by atoms with Crippen molar-refractivity contribution in [2.75, 3.05) is 32.8 Å². The molecule has 4 rings (SSSR count). The van der Waals surface area contributed by atoms with Crippen LogP contribution in [0, 0.1) is 17.0 Å². The van der Waals surface area contributed by atoms with Crippen LogP contribution in [0.25, 0.3) is 16.9 Å². The predicted octanol–water partition coefficient (Wildman–Crippen LogP) is 0.915. The molecule has 0 radical (unpaired) electrons. The van der Waals surface area contributed by atoms with E-state index in [0.717, 1.165) is 6.42 Å². The molecule has 1 aromatic carbocycles. The summed E-state index contributed by atoms with van der Waals surface area (Å²) >= 11 is 0. The highest BCUT2D eigenvalue weighted by Crippen LogP contribution is 2.32. The number of benzene rings is 1. The number of nitrogens with one attached hydrogen (secondary N) is 2. The zero-order valence-electron chi connectivity index (χ0n) is 20.8. The van der Waals surface area contributed by atoms with Gasteiger partial charge in [0.05, 0.1) is 22.8 Å². The van der Waals surface area contributed by atoms with Crippen molar-refractivity contribution in [3.8, 4) is 17.1 Å². The molecule has 1 aliphatic rings. The van der Waals surface area contributed by atoms with Crippen LogP contribution < -0.4 is 15.6 Å². The van der Waals surface area contributed by atoms with Crippen LogP contribution in [0.4, 0.5) is 0 Å². The first-order valence-electron chi connectivity index (χ1n) is 11.9. The average molecular weight is 536 g/mol. The Labute approximate surface area is 212 Å². The van der Waals surface area contributed by atoms with Crippen LogP contribution >= 0.6 is 0 Å². The van der Waals surface area contributed by atoms with Crippen molar-refractivity contribution in [3.05, 3.63) is 50.2 Å². The van der Waals surface area contributed by atoms with Gasteiger partial charge in [0.25, 0.3) is 10.6 Å². The number of aromatic amines is 1. The van der Waals surface area contributed by atoms with Crippen LogP contribution in [0.3, 0.4) is 0 Å². The number of hydrogen-bond donors (Lipinski definition) is 2. The molecular weight excluding hydrogens is 506 g/mol. The van der Waals surface area contributed by atoms with E-state index >= 15 is 0 Å². The van der Waals surface area contributed by atoms with Gasteiger partial charge in [0.2, 0.25) is 10.0 Å². The first-order chi connectivity index (χ1) is 17.6. The molecule has 0 spiro atoms. The zero-order valence-corrected chi connectivity index (χ0v) is 21.6. The third-order valence-corrected chi connectivity index (χ3v) is 7.77. The number of ether oxygens (including phenoxy) is 1. The molecule has 15 heteroatoms. The third-order valence-electron chi connectivity index (χ3n) is 5.94. The van der Waals surface area contributed by atoms with Crippen molar-refractivity contribution in [2.24, 2.45) is 0 Å². The van der Waals surface area contributed by atoms with E-state index < -0.39 is 15.1 Å². The fourth-order valence-electron chi connectivity index (χ4n) is 4.17. The maximum atomic E-state index is 13.3. The van der Waals surface area contributed by atoms with Gasteiger partial charge in [-0.2, -0.15) is 4.31 Å². The quantitative estimate of drug-likeness (QED) is 0.193. The van der Waals surface area contributed by atoms with Gasteiger partial charge in [-0.1, -0.05) is 6.92 Å². The van der Waals surface area contributed by atoms with Gasteiger partial charge >= 0.3 is 0 Å². The lowest BCUT2D eigenvalue weighted by atomic mass is 10.2. The second kappa shape index (κ2) is 10.8. The molecule has 1 fully saturated rings. The van der Waals surface area contributed by atoms with Gasteiger partial charge in [0.15, 0.2) is 11.3 Å². The highest BCUT2D eigenvalue weighted by molar-refractivity contribution is 7.89. The van der Waals surface area contributed by atoms with Gasteiger partial charge in [-0.05, 0) is 38.5 Å². The summed E-state index contributed by atoms with van der Waals surface area (Å²) in [5.41, 5.74) is 0.862. The second-order valence-corrected chi connectivity index (χ2v) is 10.5. The molecule has 0 atom stereocenters. The van der Waals surface area contributed by atoms with Crippen LogP contribution in [0.2, 0.25) is 0 Å². The van der Waals surface area contributed by atoms with Gasteiger partial charge in [0, 0.05) is 32.1 Å². The van der Waals surface area contributed by atoms with E-state index in [2.05, 4.69) is 25.2 Å². The topological polar surface area (TPSA) is 174 Å². The number of sulfonamides is 1. The summed E-state index contributed by atoms with van der Waals surface area (Å²) in [6.07, 6.45) is 1.44. The van der Waals surface area contributed by atoms with Crippen LogP contribution in [0.15, 0.2) is 27.9 Å². The number of fused-ring (bicyclic) bond motifs is 1. The maximum absolute atomic E-state index is 13.3. The Kier molecular flexibility index (Phi) is 7.75. The summed E-state index contributed by atoms with van der Waals surface area (Å²) in [4.78, 5) is 34.7. The van der Waals surface area contributed by atoms with Crippen LogP contribution in [-0.4, -0.2) is 76.3 Å². The number of hydrogen-bond acceptors (Lipinski definition) is 10. The molecule has 14 nitrogen and oxygen atoms in total. The van der Waals surface area contributed by atoms with Gasteiger partial charge in [-0.25, -0.2) is 17.9 Å². The largest absolute Gasteiger partial charge is 0.493 e. The molecule has 0 saturated carbocycles. The van der Waals surface area contributed by atoms with Crippen molar-refractivity contribution in [3.63, 3.8) is 0 Å². The van der Waals surface area contributed by atoms with Crippen molar-refractivity contribution in [2.45, 2.75) is 44.6 Å². The highest BCUT2D eigenvalue weighted by atomic mass is 32.2. The Balaban J connectivity index is 1.63. The fraction of sp³-hybridized carbons (Fsp3) is 0.500. The fourth-order valence-corrected chi connectivity index (χ4v) is 5.73. The molecule has 200 valence electrons. The summed E-state index contributed by atoms with van der Waals surface area (Å²) in [7, 11) is -3.85. The van der Waals surface area contributed by atoms with Gasteiger partial charge < -0.3 is 19.9 Å². The molecule has 0 amide bonds. The van der Waals surface area contributed by atoms with E-state index in [1.165, 1.54) is 21.0 Å². The summed E-state index contributed by atoms with van der Waals surface area (Å²) in [6, 6.07) is 4.30. The van der Waals surface area contributed by atoms with E-state index in [9.17, 15) is 23.3 Å². The van der Waals surface area contributed by atoms with Gasteiger partial charge in [-0.3, -0.25) is 4.79 Å². The van der Waals surface area contributed by atoms with Crippen LogP contribution in [0.1, 0.15) is 31.8 Å². The molecule has 2 N–H and O–H groups in total. The molecule has 37 heavy (non-hydrogen) atoms. The molecule has 1 aliphatic heterocycles. The minimum atomic E-state index is -3.85. The van der Waals surface area contributed by atoms with Crippen molar-refractivity contribution >= 4 is 15.5 Å². The van der Waals surface area contributed by atoms with Crippen molar-refractivity contribution < 1.29 is 23.1 Å². The van der Waals surface area contributed by atoms with E-state index in [1.54, 1.807) is 19.9 Å². The summed E-state index contributed by atoms with van der Waals surface area (Å²) in [5.74, 6) is 1.19. The molecule has 3 heterocycles. The van der Waals surface area contributed by atoms with Crippen molar-refractivity contribution in [1.29, 1.82) is 0 Å². The predicted molar refractivity (Wildman–Crippen MR) is 132 cm³/mol. The normalized spacial score (nSPS) is 14.6. The lowest BCUT2D eigenvalue weighted by molar-refractivity contribution is -0.757. The van der Waals surface area contributed by atoms with E-state index in [1.807, 2.05) is 6.92 Å². The lowest BCUT2D eigenvalue weighted by Crippen LogP contribution is -2.60. The molecule has 0 unspecified atom stereocenters. The Morgan fingerprint density at radius 1 is 1.30 bits per heavy atom. The van der Waals surface area contributed by atoms with Crippen LogP contribution in [0.5, 0.6) is 5.75 Å². The first-order valence-corrected chi connectivity index (χ1v) is 13.4. The molecule has 0 bridgehead atoms. The van der Waals surface area contributed by atoms with Gasteiger partial charge in [0.1, 0.15) is 18.2 Å². The SMILES string of the molecule is CCCc1nc(C)c2c(=O)[nH]c(-c3cc(S(=O)(=O)N4CC(NCCO[N+](=O)[O-])C4)ccc3OCC)nn12. The van der Waals surface area contributed by atoms with Crippen LogP contribution in [-0.2, 0) is 21.3 Å². The summed E-state index contributed by atoms with van der Waals surface area (Å²) in [5, 5.41) is 17.0. The zero-order chi connectivity index (χ0) is 26.7. The Hall–Kier alpha value is -3.56. The Morgan fingerprint density at radius 2 is 2.05 bits per heavy atom. The highest BCUT2D eigenvalue weighted by Gasteiger charge is 2.37. The maximum Gasteiger partial charge on any atom is 0.294 e. The van der Waals surface area contributed by atoms with Gasteiger partial charge in [-0.15, -0.1) is 15.2 Å². The van der Waals surface area contributed by atoms with E-state index in [0.29, 0.717) is 41.4 Å². The average Bonchev–Trinajstić information content (AvgIpc) is 3.13. The molecule has 2 aromatic heterocycles. The van der Waals surface area contributed by atoms with Crippen molar-refractivity contribution in [1.82, 2.24) is 29.2 Å². The Bertz CT molecular complexity index is 1460. The molecular formula is C22H29N7O7S. The van der Waals surface area contributed by atoms with E-state index in [4.69, 9.17) is 4.74 Å². The minimum Gasteiger partial charge on any atom is -0.493 e. The third kappa shape index (κ3) is 5.42. The molecule has 3 aromatic rings. The lowest BCUT2D eigenvalue weighted by Gasteiger charge is -2.38.